The van der Waals surface area contributed by atoms with E-state index in [0.717, 1.165) is 13.2 Å². The summed E-state index contributed by atoms with van der Waals surface area (Å²) in [5, 5.41) is 3.51. The van der Waals surface area contributed by atoms with Gasteiger partial charge in [0.05, 0.1) is 6.10 Å². The molecule has 0 aromatic rings. The molecule has 0 radical (unpaired) electrons. The van der Waals surface area contributed by atoms with E-state index in [1.165, 1.54) is 57.9 Å². The maximum atomic E-state index is 5.57. The lowest BCUT2D eigenvalue weighted by Gasteiger charge is -2.09. The van der Waals surface area contributed by atoms with Crippen molar-refractivity contribution in [1.82, 2.24) is 5.32 Å². The molecule has 90 valence electrons. The van der Waals surface area contributed by atoms with Crippen molar-refractivity contribution in [3.8, 4) is 0 Å². The van der Waals surface area contributed by atoms with Crippen LogP contribution in [0.4, 0.5) is 0 Å². The average Bonchev–Trinajstić information content (AvgIpc) is 2.75. The second-order valence-corrected chi connectivity index (χ2v) is 4.59. The normalized spacial score (nSPS) is 21.0. The Kier molecular flexibility index (Phi) is 7.94. The Hall–Kier alpha value is -0.0800. The van der Waals surface area contributed by atoms with Crippen molar-refractivity contribution < 1.29 is 4.74 Å². The molecule has 0 saturated carbocycles. The maximum Gasteiger partial charge on any atom is 0.0588 e. The Morgan fingerprint density at radius 1 is 1.13 bits per heavy atom. The molecule has 1 fully saturated rings. The van der Waals surface area contributed by atoms with Gasteiger partial charge in [0, 0.05) is 6.61 Å². The Bertz CT molecular complexity index is 132. The van der Waals surface area contributed by atoms with E-state index in [4.69, 9.17) is 4.74 Å². The zero-order valence-electron chi connectivity index (χ0n) is 10.3. The van der Waals surface area contributed by atoms with Crippen molar-refractivity contribution in [2.75, 3.05) is 19.7 Å². The van der Waals surface area contributed by atoms with E-state index in [9.17, 15) is 0 Å². The van der Waals surface area contributed by atoms with Gasteiger partial charge in [0.2, 0.25) is 0 Å². The molecule has 0 spiro atoms. The summed E-state index contributed by atoms with van der Waals surface area (Å²) in [7, 11) is 0. The van der Waals surface area contributed by atoms with Crippen LogP contribution < -0.4 is 5.32 Å². The van der Waals surface area contributed by atoms with Gasteiger partial charge in [0.25, 0.3) is 0 Å². The molecule has 0 aliphatic carbocycles. The number of hydrogen-bond donors (Lipinski definition) is 1. The lowest BCUT2D eigenvalue weighted by Crippen LogP contribution is -2.21. The molecular formula is C13H27NO. The van der Waals surface area contributed by atoms with Crippen LogP contribution in [-0.4, -0.2) is 25.8 Å². The molecule has 1 aliphatic rings. The molecule has 1 heterocycles. The van der Waals surface area contributed by atoms with Crippen molar-refractivity contribution in [2.24, 2.45) is 0 Å². The van der Waals surface area contributed by atoms with Crippen LogP contribution >= 0.6 is 0 Å². The van der Waals surface area contributed by atoms with Gasteiger partial charge in [-0.15, -0.1) is 0 Å². The molecule has 1 atom stereocenters. The third-order valence-electron chi connectivity index (χ3n) is 3.12. The van der Waals surface area contributed by atoms with Crippen molar-refractivity contribution >= 4 is 0 Å². The fourth-order valence-corrected chi connectivity index (χ4v) is 2.11. The van der Waals surface area contributed by atoms with Crippen LogP contribution in [0.15, 0.2) is 0 Å². The molecule has 0 aromatic heterocycles. The molecular weight excluding hydrogens is 186 g/mol. The standard InChI is InChI=1S/C13H27NO/c1-2-3-4-5-6-10-14-11-9-13-8-7-12-15-13/h13-14H,2-12H2,1H3. The number of hydrogen-bond acceptors (Lipinski definition) is 2. The fourth-order valence-electron chi connectivity index (χ4n) is 2.11. The SMILES string of the molecule is CCCCCCCNCCC1CCCO1. The van der Waals surface area contributed by atoms with Crippen LogP contribution in [0, 0.1) is 0 Å². The van der Waals surface area contributed by atoms with Gasteiger partial charge in [-0.05, 0) is 38.8 Å². The summed E-state index contributed by atoms with van der Waals surface area (Å²) in [6.07, 6.45) is 11.2. The van der Waals surface area contributed by atoms with Crippen molar-refractivity contribution in [3.63, 3.8) is 0 Å². The van der Waals surface area contributed by atoms with Gasteiger partial charge in [0.15, 0.2) is 0 Å². The van der Waals surface area contributed by atoms with Crippen molar-refractivity contribution in [1.29, 1.82) is 0 Å². The largest absolute Gasteiger partial charge is 0.378 e. The van der Waals surface area contributed by atoms with Crippen LogP contribution in [0.5, 0.6) is 0 Å². The Morgan fingerprint density at radius 3 is 2.73 bits per heavy atom. The molecule has 1 rings (SSSR count). The zero-order chi connectivity index (χ0) is 10.8. The van der Waals surface area contributed by atoms with Gasteiger partial charge in [0.1, 0.15) is 0 Å². The van der Waals surface area contributed by atoms with Gasteiger partial charge in [-0.1, -0.05) is 32.6 Å². The van der Waals surface area contributed by atoms with E-state index in [-0.39, 0.29) is 0 Å². The van der Waals surface area contributed by atoms with Crippen LogP contribution in [-0.2, 0) is 4.74 Å². The summed E-state index contributed by atoms with van der Waals surface area (Å²) < 4.78 is 5.57. The lowest BCUT2D eigenvalue weighted by atomic mass is 10.1. The van der Waals surface area contributed by atoms with E-state index < -0.39 is 0 Å². The molecule has 1 unspecified atom stereocenters. The zero-order valence-corrected chi connectivity index (χ0v) is 10.3. The quantitative estimate of drug-likeness (QED) is 0.594. The first kappa shape index (κ1) is 13.0. The minimum absolute atomic E-state index is 0.553. The van der Waals surface area contributed by atoms with E-state index in [1.54, 1.807) is 0 Å². The number of rotatable bonds is 9. The third-order valence-corrected chi connectivity index (χ3v) is 3.12. The van der Waals surface area contributed by atoms with Crippen LogP contribution in [0.3, 0.4) is 0 Å². The van der Waals surface area contributed by atoms with E-state index in [2.05, 4.69) is 12.2 Å². The van der Waals surface area contributed by atoms with E-state index in [0.29, 0.717) is 6.10 Å². The maximum absolute atomic E-state index is 5.57. The van der Waals surface area contributed by atoms with E-state index in [1.807, 2.05) is 0 Å². The molecule has 15 heavy (non-hydrogen) atoms. The third kappa shape index (κ3) is 6.91. The predicted molar refractivity (Wildman–Crippen MR) is 65.2 cm³/mol. The smallest absolute Gasteiger partial charge is 0.0588 e. The van der Waals surface area contributed by atoms with Crippen molar-refractivity contribution in [3.05, 3.63) is 0 Å². The molecule has 1 N–H and O–H groups in total. The van der Waals surface area contributed by atoms with Crippen LogP contribution in [0.25, 0.3) is 0 Å². The highest BCUT2D eigenvalue weighted by molar-refractivity contribution is 4.65. The molecule has 0 amide bonds. The fraction of sp³-hybridized carbons (Fsp3) is 1.00. The van der Waals surface area contributed by atoms with Gasteiger partial charge in [-0.25, -0.2) is 0 Å². The predicted octanol–water partition coefficient (Wildman–Crippen LogP) is 3.12. The Balaban J connectivity index is 1.73. The van der Waals surface area contributed by atoms with Crippen LogP contribution in [0.1, 0.15) is 58.3 Å². The summed E-state index contributed by atoms with van der Waals surface area (Å²) >= 11 is 0. The van der Waals surface area contributed by atoms with E-state index >= 15 is 0 Å². The monoisotopic (exact) mass is 213 g/mol. The molecule has 0 aromatic carbocycles. The first-order valence-electron chi connectivity index (χ1n) is 6.76. The number of ether oxygens (including phenoxy) is 1. The Labute approximate surface area is 94.8 Å². The number of unbranched alkanes of at least 4 members (excludes halogenated alkanes) is 4. The second-order valence-electron chi connectivity index (χ2n) is 4.59. The van der Waals surface area contributed by atoms with Gasteiger partial charge >= 0.3 is 0 Å². The average molecular weight is 213 g/mol. The summed E-state index contributed by atoms with van der Waals surface area (Å²) in [6.45, 7) is 5.58. The Morgan fingerprint density at radius 2 is 2.00 bits per heavy atom. The summed E-state index contributed by atoms with van der Waals surface area (Å²) in [5.74, 6) is 0. The second kappa shape index (κ2) is 9.17. The van der Waals surface area contributed by atoms with Gasteiger partial charge in [-0.2, -0.15) is 0 Å². The summed E-state index contributed by atoms with van der Waals surface area (Å²) in [6, 6.07) is 0. The molecule has 2 nitrogen and oxygen atoms in total. The minimum Gasteiger partial charge on any atom is -0.378 e. The summed E-state index contributed by atoms with van der Waals surface area (Å²) in [4.78, 5) is 0. The molecule has 1 saturated heterocycles. The van der Waals surface area contributed by atoms with Gasteiger partial charge in [-0.3, -0.25) is 0 Å². The number of nitrogens with one attached hydrogen (secondary N) is 1. The molecule has 1 aliphatic heterocycles. The van der Waals surface area contributed by atoms with Crippen LogP contribution in [0.2, 0.25) is 0 Å². The summed E-state index contributed by atoms with van der Waals surface area (Å²) in [5.41, 5.74) is 0. The molecule has 2 heteroatoms. The molecule has 0 bridgehead atoms. The topological polar surface area (TPSA) is 21.3 Å². The highest BCUT2D eigenvalue weighted by Gasteiger charge is 2.13. The first-order chi connectivity index (χ1) is 7.43. The lowest BCUT2D eigenvalue weighted by molar-refractivity contribution is 0.104. The van der Waals surface area contributed by atoms with Crippen molar-refractivity contribution in [2.45, 2.75) is 64.4 Å². The highest BCUT2D eigenvalue weighted by Crippen LogP contribution is 2.14. The highest BCUT2D eigenvalue weighted by atomic mass is 16.5. The van der Waals surface area contributed by atoms with Gasteiger partial charge < -0.3 is 10.1 Å². The minimum atomic E-state index is 0.553. The first-order valence-corrected chi connectivity index (χ1v) is 6.76.